The number of aryl methyl sites for hydroxylation is 2. The summed E-state index contributed by atoms with van der Waals surface area (Å²) in [5.74, 6) is -0.601. The molecule has 0 radical (unpaired) electrons. The molecule has 0 unspecified atom stereocenters. The predicted molar refractivity (Wildman–Crippen MR) is 80.8 cm³/mol. The molecule has 2 aromatic rings. The number of aromatic nitrogens is 1. The van der Waals surface area contributed by atoms with Gasteiger partial charge in [0.1, 0.15) is 5.69 Å². The van der Waals surface area contributed by atoms with Gasteiger partial charge in [-0.1, -0.05) is 23.7 Å². The summed E-state index contributed by atoms with van der Waals surface area (Å²) in [7, 11) is 1.76. The molecule has 0 aliphatic carbocycles. The highest BCUT2D eigenvalue weighted by atomic mass is 35.5. The highest BCUT2D eigenvalue weighted by molar-refractivity contribution is 6.30. The van der Waals surface area contributed by atoms with Crippen LogP contribution >= 0.6 is 11.6 Å². The van der Waals surface area contributed by atoms with Gasteiger partial charge in [-0.25, -0.2) is 0 Å². The van der Waals surface area contributed by atoms with E-state index in [9.17, 15) is 9.59 Å². The summed E-state index contributed by atoms with van der Waals surface area (Å²) >= 11 is 5.87. The zero-order chi connectivity index (χ0) is 15.2. The smallest absolute Gasteiger partial charge is 0.286 e. The third-order valence-electron chi connectivity index (χ3n) is 3.02. The summed E-state index contributed by atoms with van der Waals surface area (Å²) in [4.78, 5) is 23.5. The van der Waals surface area contributed by atoms with Crippen molar-refractivity contribution in [3.63, 3.8) is 0 Å². The Labute approximate surface area is 127 Å². The van der Waals surface area contributed by atoms with Crippen LogP contribution in [0.5, 0.6) is 0 Å². The molecule has 2 N–H and O–H groups in total. The molecule has 0 saturated heterocycles. The zero-order valence-corrected chi connectivity index (χ0v) is 12.4. The van der Waals surface area contributed by atoms with E-state index in [0.29, 0.717) is 17.1 Å². The average Bonchev–Trinajstić information content (AvgIpc) is 2.89. The van der Waals surface area contributed by atoms with Crippen molar-refractivity contribution < 1.29 is 9.59 Å². The largest absolute Gasteiger partial charge is 0.347 e. The van der Waals surface area contributed by atoms with E-state index in [0.717, 1.165) is 5.56 Å². The lowest BCUT2D eigenvalue weighted by atomic mass is 10.1. The molecule has 1 aromatic heterocycles. The summed E-state index contributed by atoms with van der Waals surface area (Å²) in [6.07, 6.45) is 2.59. The molecule has 0 spiro atoms. The minimum atomic E-state index is -0.349. The number of carbonyl (C=O) groups is 2. The Morgan fingerprint density at radius 3 is 2.67 bits per heavy atom. The fraction of sp³-hybridized carbons (Fsp3) is 0.200. The third-order valence-corrected chi connectivity index (χ3v) is 3.26. The highest BCUT2D eigenvalue weighted by Gasteiger charge is 2.09. The lowest BCUT2D eigenvalue weighted by Gasteiger charge is -2.08. The summed E-state index contributed by atoms with van der Waals surface area (Å²) in [6, 6.07) is 10.8. The van der Waals surface area contributed by atoms with Crippen LogP contribution in [0.15, 0.2) is 42.6 Å². The summed E-state index contributed by atoms with van der Waals surface area (Å²) < 4.78 is 1.67. The molecular formula is C15H16ClN3O2. The molecule has 5 nitrogen and oxygen atoms in total. The van der Waals surface area contributed by atoms with Crippen molar-refractivity contribution in [1.82, 2.24) is 15.4 Å². The summed E-state index contributed by atoms with van der Waals surface area (Å²) in [5, 5.41) is 0.643. The van der Waals surface area contributed by atoms with E-state index in [1.807, 2.05) is 18.2 Å². The first kappa shape index (κ1) is 15.1. The number of carbonyl (C=O) groups excluding carboxylic acids is 2. The van der Waals surface area contributed by atoms with Gasteiger partial charge in [0.25, 0.3) is 5.91 Å². The molecule has 0 aliphatic rings. The fourth-order valence-electron chi connectivity index (χ4n) is 1.90. The summed E-state index contributed by atoms with van der Waals surface area (Å²) in [5.41, 5.74) is 6.24. The molecule has 1 heterocycles. The third kappa shape index (κ3) is 4.36. The monoisotopic (exact) mass is 305 g/mol. The normalized spacial score (nSPS) is 10.2. The molecule has 0 fully saturated rings. The number of halogens is 1. The SMILES string of the molecule is Cn1cccc1C(=O)NNC(=O)CCc1cccc(Cl)c1. The second-order valence-corrected chi connectivity index (χ2v) is 5.07. The van der Waals surface area contributed by atoms with Gasteiger partial charge in [0.05, 0.1) is 0 Å². The van der Waals surface area contributed by atoms with E-state index in [-0.39, 0.29) is 18.2 Å². The van der Waals surface area contributed by atoms with Crippen LogP contribution < -0.4 is 10.9 Å². The van der Waals surface area contributed by atoms with Gasteiger partial charge in [-0.3, -0.25) is 20.4 Å². The number of amides is 2. The minimum Gasteiger partial charge on any atom is -0.347 e. The molecule has 110 valence electrons. The van der Waals surface area contributed by atoms with Crippen molar-refractivity contribution in [2.75, 3.05) is 0 Å². The minimum absolute atomic E-state index is 0.252. The molecule has 21 heavy (non-hydrogen) atoms. The highest BCUT2D eigenvalue weighted by Crippen LogP contribution is 2.11. The van der Waals surface area contributed by atoms with Crippen LogP contribution in [0, 0.1) is 0 Å². The molecule has 2 rings (SSSR count). The van der Waals surface area contributed by atoms with Gasteiger partial charge in [-0.05, 0) is 36.2 Å². The van der Waals surface area contributed by atoms with Crippen molar-refractivity contribution in [2.24, 2.45) is 7.05 Å². The molecule has 0 bridgehead atoms. The number of rotatable bonds is 4. The first-order chi connectivity index (χ1) is 10.1. The van der Waals surface area contributed by atoms with Crippen molar-refractivity contribution >= 4 is 23.4 Å². The maximum atomic E-state index is 11.8. The Morgan fingerprint density at radius 1 is 1.19 bits per heavy atom. The van der Waals surface area contributed by atoms with E-state index in [1.165, 1.54) is 0 Å². The van der Waals surface area contributed by atoms with Crippen LogP contribution in [0.4, 0.5) is 0 Å². The van der Waals surface area contributed by atoms with E-state index < -0.39 is 0 Å². The number of hydrogen-bond donors (Lipinski definition) is 2. The van der Waals surface area contributed by atoms with E-state index in [1.54, 1.807) is 36.0 Å². The van der Waals surface area contributed by atoms with E-state index in [4.69, 9.17) is 11.6 Å². The number of benzene rings is 1. The first-order valence-electron chi connectivity index (χ1n) is 6.51. The Bertz CT molecular complexity index is 652. The van der Waals surface area contributed by atoms with Crippen LogP contribution in [-0.4, -0.2) is 16.4 Å². The Hall–Kier alpha value is -2.27. The second-order valence-electron chi connectivity index (χ2n) is 4.64. The maximum Gasteiger partial charge on any atom is 0.286 e. The molecule has 2 amide bonds. The fourth-order valence-corrected chi connectivity index (χ4v) is 2.11. The lowest BCUT2D eigenvalue weighted by molar-refractivity contribution is -0.121. The molecule has 1 aromatic carbocycles. The van der Waals surface area contributed by atoms with Crippen LogP contribution in [0.3, 0.4) is 0 Å². The van der Waals surface area contributed by atoms with Gasteiger partial charge >= 0.3 is 0 Å². The average molecular weight is 306 g/mol. The van der Waals surface area contributed by atoms with Crippen LogP contribution in [0.2, 0.25) is 5.02 Å². The van der Waals surface area contributed by atoms with E-state index in [2.05, 4.69) is 10.9 Å². The van der Waals surface area contributed by atoms with Gasteiger partial charge < -0.3 is 4.57 Å². The standard InChI is InChI=1S/C15H16ClN3O2/c1-19-9-3-6-13(19)15(21)18-17-14(20)8-7-11-4-2-5-12(16)10-11/h2-6,9-10H,7-8H2,1H3,(H,17,20)(H,18,21). The van der Waals surface area contributed by atoms with Gasteiger partial charge in [0.15, 0.2) is 0 Å². The second kappa shape index (κ2) is 6.95. The van der Waals surface area contributed by atoms with Gasteiger partial charge in [0, 0.05) is 24.7 Å². The van der Waals surface area contributed by atoms with Crippen LogP contribution in [0.1, 0.15) is 22.5 Å². The topological polar surface area (TPSA) is 63.1 Å². The number of nitrogens with zero attached hydrogens (tertiary/aromatic N) is 1. The first-order valence-corrected chi connectivity index (χ1v) is 6.89. The quantitative estimate of drug-likeness (QED) is 0.850. The zero-order valence-electron chi connectivity index (χ0n) is 11.6. The maximum absolute atomic E-state index is 11.8. The van der Waals surface area contributed by atoms with Gasteiger partial charge in [-0.2, -0.15) is 0 Å². The van der Waals surface area contributed by atoms with Crippen molar-refractivity contribution in [2.45, 2.75) is 12.8 Å². The molecule has 0 aliphatic heterocycles. The summed E-state index contributed by atoms with van der Waals surface area (Å²) in [6.45, 7) is 0. The Balaban J connectivity index is 1.78. The number of hydrogen-bond acceptors (Lipinski definition) is 2. The lowest BCUT2D eigenvalue weighted by Crippen LogP contribution is -2.42. The molecule has 0 saturated carbocycles. The Kier molecular flexibility index (Phi) is 5.00. The van der Waals surface area contributed by atoms with Crippen molar-refractivity contribution in [3.05, 3.63) is 58.9 Å². The number of hydrazine groups is 1. The van der Waals surface area contributed by atoms with E-state index >= 15 is 0 Å². The van der Waals surface area contributed by atoms with Crippen molar-refractivity contribution in [1.29, 1.82) is 0 Å². The Morgan fingerprint density at radius 2 is 2.00 bits per heavy atom. The van der Waals surface area contributed by atoms with Gasteiger partial charge in [0.2, 0.25) is 5.91 Å². The van der Waals surface area contributed by atoms with Gasteiger partial charge in [-0.15, -0.1) is 0 Å². The van der Waals surface area contributed by atoms with Crippen LogP contribution in [0.25, 0.3) is 0 Å². The molecule has 0 atom stereocenters. The van der Waals surface area contributed by atoms with Crippen molar-refractivity contribution in [3.8, 4) is 0 Å². The number of nitrogens with one attached hydrogen (secondary N) is 2. The molecule has 6 heteroatoms. The molecular weight excluding hydrogens is 290 g/mol. The predicted octanol–water partition coefficient (Wildman–Crippen LogP) is 2.07. The van der Waals surface area contributed by atoms with Crippen LogP contribution in [-0.2, 0) is 18.3 Å².